The Morgan fingerprint density at radius 1 is 1.21 bits per heavy atom. The predicted octanol–water partition coefficient (Wildman–Crippen LogP) is 3.46. The molecule has 3 rings (SSSR count). The lowest BCUT2D eigenvalue weighted by molar-refractivity contribution is 0.0594. The van der Waals surface area contributed by atoms with Crippen LogP contribution in [0.15, 0.2) is 24.3 Å². The zero-order valence-corrected chi connectivity index (χ0v) is 12.8. The van der Waals surface area contributed by atoms with Gasteiger partial charge in [0.15, 0.2) is 0 Å². The van der Waals surface area contributed by atoms with Gasteiger partial charge < -0.3 is 9.47 Å². The summed E-state index contributed by atoms with van der Waals surface area (Å²) >= 11 is 0. The number of aromatic nitrogens is 1. The Morgan fingerprint density at radius 2 is 1.92 bits per heavy atom. The van der Waals surface area contributed by atoms with E-state index in [2.05, 4.69) is 9.72 Å². The SMILES string of the molecule is COC(=O)c1ccc(F)c(-c2c(F)cc(C3CCOC3)cc2F)n1. The summed E-state index contributed by atoms with van der Waals surface area (Å²) in [6.45, 7) is 0.926. The van der Waals surface area contributed by atoms with Crippen molar-refractivity contribution in [1.29, 1.82) is 0 Å². The standard InChI is InChI=1S/C17H14F3NO3/c1-23-17(22)14-3-2-11(18)16(21-14)15-12(19)6-10(7-13(15)20)9-4-5-24-8-9/h2-3,6-7,9H,4-5,8H2,1H3. The summed E-state index contributed by atoms with van der Waals surface area (Å²) in [7, 11) is 1.13. The highest BCUT2D eigenvalue weighted by Gasteiger charge is 2.24. The number of ether oxygens (including phenoxy) is 2. The highest BCUT2D eigenvalue weighted by atomic mass is 19.1. The zero-order valence-electron chi connectivity index (χ0n) is 12.8. The molecule has 0 saturated carbocycles. The molecule has 0 bridgehead atoms. The van der Waals surface area contributed by atoms with E-state index in [9.17, 15) is 18.0 Å². The van der Waals surface area contributed by atoms with E-state index in [4.69, 9.17) is 4.74 Å². The van der Waals surface area contributed by atoms with Crippen molar-refractivity contribution in [2.45, 2.75) is 12.3 Å². The predicted molar refractivity (Wildman–Crippen MR) is 79.1 cm³/mol. The Bertz CT molecular complexity index is 766. The van der Waals surface area contributed by atoms with Gasteiger partial charge in [-0.25, -0.2) is 22.9 Å². The third kappa shape index (κ3) is 2.99. The first-order valence-corrected chi connectivity index (χ1v) is 7.33. The Morgan fingerprint density at radius 3 is 2.50 bits per heavy atom. The molecule has 1 unspecified atom stereocenters. The molecule has 2 heterocycles. The molecular weight excluding hydrogens is 323 g/mol. The number of nitrogens with zero attached hydrogens (tertiary/aromatic N) is 1. The van der Waals surface area contributed by atoms with E-state index in [-0.39, 0.29) is 11.6 Å². The molecule has 126 valence electrons. The molecule has 1 atom stereocenters. The second kappa shape index (κ2) is 6.60. The summed E-state index contributed by atoms with van der Waals surface area (Å²) in [5.41, 5.74) is -0.959. The molecule has 1 aromatic carbocycles. The minimum absolute atomic E-state index is 0.0951. The number of hydrogen-bond donors (Lipinski definition) is 0. The molecule has 0 radical (unpaired) electrons. The van der Waals surface area contributed by atoms with Crippen LogP contribution in [0.5, 0.6) is 0 Å². The molecule has 0 spiro atoms. The van der Waals surface area contributed by atoms with Crippen molar-refractivity contribution in [3.8, 4) is 11.3 Å². The first-order chi connectivity index (χ1) is 11.5. The van der Waals surface area contributed by atoms with Crippen LogP contribution in [0.4, 0.5) is 13.2 Å². The Hall–Kier alpha value is -2.41. The van der Waals surface area contributed by atoms with Crippen LogP contribution in [-0.2, 0) is 9.47 Å². The number of esters is 1. The molecule has 7 heteroatoms. The first-order valence-electron chi connectivity index (χ1n) is 7.33. The summed E-state index contributed by atoms with van der Waals surface area (Å²) in [5, 5.41) is 0. The monoisotopic (exact) mass is 337 g/mol. The van der Waals surface area contributed by atoms with Gasteiger partial charge in [-0.05, 0) is 36.2 Å². The van der Waals surface area contributed by atoms with Crippen LogP contribution in [0.1, 0.15) is 28.4 Å². The third-order valence-corrected chi connectivity index (χ3v) is 3.94. The van der Waals surface area contributed by atoms with Crippen LogP contribution in [0, 0.1) is 17.5 Å². The highest BCUT2D eigenvalue weighted by Crippen LogP contribution is 2.32. The van der Waals surface area contributed by atoms with Gasteiger partial charge in [-0.1, -0.05) is 0 Å². The van der Waals surface area contributed by atoms with Gasteiger partial charge in [0.1, 0.15) is 28.8 Å². The average molecular weight is 337 g/mol. The highest BCUT2D eigenvalue weighted by molar-refractivity contribution is 5.87. The van der Waals surface area contributed by atoms with E-state index in [1.54, 1.807) is 0 Å². The second-order valence-electron chi connectivity index (χ2n) is 5.44. The second-order valence-corrected chi connectivity index (χ2v) is 5.44. The molecule has 1 aliphatic heterocycles. The normalized spacial score (nSPS) is 17.1. The van der Waals surface area contributed by atoms with Gasteiger partial charge in [0.05, 0.1) is 19.3 Å². The van der Waals surface area contributed by atoms with Crippen molar-refractivity contribution in [3.63, 3.8) is 0 Å². The number of methoxy groups -OCH3 is 1. The average Bonchev–Trinajstić information content (AvgIpc) is 3.09. The lowest BCUT2D eigenvalue weighted by Crippen LogP contribution is -2.08. The molecule has 1 saturated heterocycles. The summed E-state index contributed by atoms with van der Waals surface area (Å²) in [6, 6.07) is 4.32. The van der Waals surface area contributed by atoms with E-state index in [1.165, 1.54) is 0 Å². The lowest BCUT2D eigenvalue weighted by atomic mass is 9.95. The smallest absolute Gasteiger partial charge is 0.356 e. The van der Waals surface area contributed by atoms with Crippen LogP contribution in [0.25, 0.3) is 11.3 Å². The van der Waals surface area contributed by atoms with Crippen molar-refractivity contribution >= 4 is 5.97 Å². The molecule has 1 fully saturated rings. The molecule has 1 aromatic heterocycles. The molecular formula is C17H14F3NO3. The number of halogens is 3. The number of carbonyl (C=O) groups excluding carboxylic acids is 1. The minimum Gasteiger partial charge on any atom is -0.464 e. The first kappa shape index (κ1) is 16.4. The number of carbonyl (C=O) groups is 1. The molecule has 0 amide bonds. The van der Waals surface area contributed by atoms with Crippen molar-refractivity contribution in [1.82, 2.24) is 4.98 Å². The molecule has 0 aliphatic carbocycles. The fourth-order valence-electron chi connectivity index (χ4n) is 2.69. The van der Waals surface area contributed by atoms with Crippen LogP contribution < -0.4 is 0 Å². The topological polar surface area (TPSA) is 48.4 Å². The van der Waals surface area contributed by atoms with Crippen LogP contribution in [0.3, 0.4) is 0 Å². The quantitative estimate of drug-likeness (QED) is 0.805. The van der Waals surface area contributed by atoms with E-state index in [1.807, 2.05) is 0 Å². The van der Waals surface area contributed by atoms with Gasteiger partial charge in [0.2, 0.25) is 0 Å². The largest absolute Gasteiger partial charge is 0.464 e. The van der Waals surface area contributed by atoms with E-state index in [0.717, 1.165) is 31.4 Å². The Labute approximate surface area is 136 Å². The van der Waals surface area contributed by atoms with Crippen molar-refractivity contribution in [3.05, 3.63) is 53.0 Å². The van der Waals surface area contributed by atoms with Gasteiger partial charge in [-0.15, -0.1) is 0 Å². The zero-order chi connectivity index (χ0) is 17.3. The summed E-state index contributed by atoms with van der Waals surface area (Å²) < 4.78 is 52.6. The van der Waals surface area contributed by atoms with E-state index >= 15 is 0 Å². The number of pyridine rings is 1. The summed E-state index contributed by atoms with van der Waals surface area (Å²) in [5.74, 6) is -3.73. The molecule has 4 nitrogen and oxygen atoms in total. The van der Waals surface area contributed by atoms with Crippen LogP contribution in [0.2, 0.25) is 0 Å². The molecule has 24 heavy (non-hydrogen) atoms. The number of hydrogen-bond acceptors (Lipinski definition) is 4. The fourth-order valence-corrected chi connectivity index (χ4v) is 2.69. The van der Waals surface area contributed by atoms with Gasteiger partial charge >= 0.3 is 5.97 Å². The van der Waals surface area contributed by atoms with Crippen molar-refractivity contribution < 1.29 is 27.4 Å². The summed E-state index contributed by atoms with van der Waals surface area (Å²) in [6.07, 6.45) is 0.669. The van der Waals surface area contributed by atoms with Gasteiger partial charge in [0.25, 0.3) is 0 Å². The van der Waals surface area contributed by atoms with E-state index in [0.29, 0.717) is 25.2 Å². The molecule has 1 aliphatic rings. The van der Waals surface area contributed by atoms with Gasteiger partial charge in [0, 0.05) is 12.5 Å². The fraction of sp³-hybridized carbons (Fsp3) is 0.294. The number of benzene rings is 1. The minimum atomic E-state index is -0.940. The lowest BCUT2D eigenvalue weighted by Gasteiger charge is -2.12. The van der Waals surface area contributed by atoms with E-state index < -0.39 is 34.7 Å². The van der Waals surface area contributed by atoms with Crippen molar-refractivity contribution in [2.24, 2.45) is 0 Å². The Balaban J connectivity index is 2.07. The van der Waals surface area contributed by atoms with Crippen molar-refractivity contribution in [2.75, 3.05) is 20.3 Å². The van der Waals surface area contributed by atoms with Crippen LogP contribution >= 0.6 is 0 Å². The maximum Gasteiger partial charge on any atom is 0.356 e. The number of rotatable bonds is 3. The maximum absolute atomic E-state index is 14.4. The molecule has 0 N–H and O–H groups in total. The molecule has 2 aromatic rings. The van der Waals surface area contributed by atoms with Gasteiger partial charge in [-0.2, -0.15) is 0 Å². The van der Waals surface area contributed by atoms with Crippen LogP contribution in [-0.4, -0.2) is 31.3 Å². The van der Waals surface area contributed by atoms with Gasteiger partial charge in [-0.3, -0.25) is 0 Å². The summed E-state index contributed by atoms with van der Waals surface area (Å²) in [4.78, 5) is 15.2. The maximum atomic E-state index is 14.4. The Kier molecular flexibility index (Phi) is 4.53. The third-order valence-electron chi connectivity index (χ3n) is 3.94.